The van der Waals surface area contributed by atoms with Gasteiger partial charge in [0, 0.05) is 12.8 Å². The van der Waals surface area contributed by atoms with Crippen molar-refractivity contribution in [2.75, 3.05) is 13.7 Å². The van der Waals surface area contributed by atoms with E-state index in [-0.39, 0.29) is 24.5 Å². The van der Waals surface area contributed by atoms with E-state index in [4.69, 9.17) is 9.47 Å². The van der Waals surface area contributed by atoms with E-state index in [1.165, 1.54) is 0 Å². The van der Waals surface area contributed by atoms with Gasteiger partial charge in [-0.1, -0.05) is 42.5 Å². The van der Waals surface area contributed by atoms with Crippen LogP contribution >= 0.6 is 0 Å². The Kier molecular flexibility index (Phi) is 7.63. The second-order valence-corrected chi connectivity index (χ2v) is 10.1. The van der Waals surface area contributed by atoms with Gasteiger partial charge in [0.2, 0.25) is 17.7 Å². The topological polar surface area (TPSA) is 126 Å². The summed E-state index contributed by atoms with van der Waals surface area (Å²) in [5, 5.41) is 8.40. The maximum atomic E-state index is 13.6. The fraction of sp³-hybridized carbons (Fsp3) is 0.429. The van der Waals surface area contributed by atoms with Gasteiger partial charge in [-0.05, 0) is 49.9 Å². The van der Waals surface area contributed by atoms with Gasteiger partial charge in [-0.2, -0.15) is 0 Å². The molecule has 2 aliphatic heterocycles. The molecule has 9 nitrogen and oxygen atoms in total. The SMILES string of the molecule is COc1ccc(C[C@H](NC(=O)[C@@]2(C)CCC(=O)N2)C(=O)N[C@@H](Cc2ccccc2)C(=O)[C@]2(C)CO2)cc1. The van der Waals surface area contributed by atoms with Crippen LogP contribution in [0.3, 0.4) is 0 Å². The summed E-state index contributed by atoms with van der Waals surface area (Å²) in [7, 11) is 1.57. The van der Waals surface area contributed by atoms with Crippen molar-refractivity contribution < 1.29 is 28.7 Å². The standard InChI is InChI=1S/C28H33N3O6/c1-27(14-13-23(32)31-27)26(35)30-22(16-19-9-11-20(36-3)12-10-19)25(34)29-21(24(33)28(2)17-37-28)15-18-7-5-4-6-8-18/h4-12,21-22H,13-17H2,1-3H3,(H,29,34)(H,30,35)(H,31,32)/t21-,22-,27+,28-/m0/s1. The summed E-state index contributed by atoms with van der Waals surface area (Å²) in [5.41, 5.74) is -0.347. The highest BCUT2D eigenvalue weighted by atomic mass is 16.6. The first-order chi connectivity index (χ1) is 17.6. The molecule has 0 aliphatic carbocycles. The maximum Gasteiger partial charge on any atom is 0.246 e. The van der Waals surface area contributed by atoms with E-state index in [0.29, 0.717) is 25.2 Å². The molecule has 3 amide bonds. The van der Waals surface area contributed by atoms with Crippen molar-refractivity contribution in [2.24, 2.45) is 0 Å². The van der Waals surface area contributed by atoms with Crippen LogP contribution in [0.4, 0.5) is 0 Å². The first-order valence-corrected chi connectivity index (χ1v) is 12.4. The number of hydrogen-bond donors (Lipinski definition) is 3. The predicted molar refractivity (Wildman–Crippen MR) is 136 cm³/mol. The molecule has 2 aliphatic rings. The number of rotatable bonds is 11. The number of ketones is 1. The van der Waals surface area contributed by atoms with Crippen molar-refractivity contribution in [3.8, 4) is 5.75 Å². The van der Waals surface area contributed by atoms with Gasteiger partial charge in [-0.3, -0.25) is 19.2 Å². The lowest BCUT2D eigenvalue weighted by atomic mass is 9.94. The van der Waals surface area contributed by atoms with E-state index in [9.17, 15) is 19.2 Å². The van der Waals surface area contributed by atoms with E-state index in [1.807, 2.05) is 42.5 Å². The number of methoxy groups -OCH3 is 1. The number of epoxide rings is 1. The fourth-order valence-electron chi connectivity index (χ4n) is 4.44. The van der Waals surface area contributed by atoms with Gasteiger partial charge in [0.05, 0.1) is 19.8 Å². The van der Waals surface area contributed by atoms with Crippen LogP contribution in [0.2, 0.25) is 0 Å². The molecule has 2 heterocycles. The Morgan fingerprint density at radius 3 is 2.16 bits per heavy atom. The molecular weight excluding hydrogens is 474 g/mol. The number of nitrogens with one attached hydrogen (secondary N) is 3. The molecule has 2 aromatic rings. The number of amides is 3. The lowest BCUT2D eigenvalue weighted by molar-refractivity contribution is -0.135. The smallest absolute Gasteiger partial charge is 0.246 e. The fourth-order valence-corrected chi connectivity index (χ4v) is 4.44. The molecule has 0 spiro atoms. The first-order valence-electron chi connectivity index (χ1n) is 12.4. The van der Waals surface area contributed by atoms with Gasteiger partial charge in [-0.15, -0.1) is 0 Å². The largest absolute Gasteiger partial charge is 0.497 e. The third-order valence-electron chi connectivity index (χ3n) is 7.00. The van der Waals surface area contributed by atoms with Crippen molar-refractivity contribution >= 4 is 23.5 Å². The number of carbonyl (C=O) groups excluding carboxylic acids is 4. The van der Waals surface area contributed by atoms with Crippen LogP contribution < -0.4 is 20.7 Å². The Balaban J connectivity index is 1.55. The normalized spacial score (nSPS) is 23.9. The number of ether oxygens (including phenoxy) is 2. The highest BCUT2D eigenvalue weighted by Crippen LogP contribution is 2.29. The highest BCUT2D eigenvalue weighted by Gasteiger charge is 2.50. The van der Waals surface area contributed by atoms with Crippen molar-refractivity contribution in [2.45, 2.75) is 62.8 Å². The zero-order valence-corrected chi connectivity index (χ0v) is 21.3. The van der Waals surface area contributed by atoms with Gasteiger partial charge < -0.3 is 25.4 Å². The minimum absolute atomic E-state index is 0.186. The van der Waals surface area contributed by atoms with Crippen LogP contribution in [0.1, 0.15) is 37.8 Å². The number of benzene rings is 2. The minimum Gasteiger partial charge on any atom is -0.497 e. The molecule has 0 saturated carbocycles. The monoisotopic (exact) mass is 507 g/mol. The lowest BCUT2D eigenvalue weighted by Gasteiger charge is -2.28. The maximum absolute atomic E-state index is 13.6. The Bertz CT molecular complexity index is 1160. The molecule has 4 rings (SSSR count). The minimum atomic E-state index is -1.11. The second-order valence-electron chi connectivity index (χ2n) is 10.1. The second kappa shape index (κ2) is 10.7. The lowest BCUT2D eigenvalue weighted by Crippen LogP contribution is -2.59. The van der Waals surface area contributed by atoms with E-state index >= 15 is 0 Å². The molecule has 0 radical (unpaired) electrons. The third kappa shape index (κ3) is 6.35. The molecule has 0 unspecified atom stereocenters. The molecule has 9 heteroatoms. The molecule has 2 fully saturated rings. The number of hydrogen-bond acceptors (Lipinski definition) is 6. The molecule has 37 heavy (non-hydrogen) atoms. The number of Topliss-reactive ketones (excluding diaryl/α,β-unsaturated/α-hetero) is 1. The summed E-state index contributed by atoms with van der Waals surface area (Å²) in [5.74, 6) is -0.693. The molecule has 4 atom stereocenters. The quantitative estimate of drug-likeness (QED) is 0.396. The molecule has 0 bridgehead atoms. The van der Waals surface area contributed by atoms with Crippen molar-refractivity contribution in [3.63, 3.8) is 0 Å². The van der Waals surface area contributed by atoms with E-state index in [0.717, 1.165) is 11.1 Å². The summed E-state index contributed by atoms with van der Waals surface area (Å²) in [4.78, 5) is 51.8. The van der Waals surface area contributed by atoms with E-state index in [1.54, 1.807) is 33.1 Å². The zero-order chi connectivity index (χ0) is 26.6. The van der Waals surface area contributed by atoms with Crippen molar-refractivity contribution in [1.29, 1.82) is 0 Å². The van der Waals surface area contributed by atoms with Gasteiger partial charge in [0.1, 0.15) is 22.9 Å². The molecule has 3 N–H and O–H groups in total. The average molecular weight is 508 g/mol. The Hall–Kier alpha value is -3.72. The van der Waals surface area contributed by atoms with Crippen LogP contribution in [-0.2, 0) is 36.8 Å². The van der Waals surface area contributed by atoms with Crippen molar-refractivity contribution in [3.05, 3.63) is 65.7 Å². The van der Waals surface area contributed by atoms with E-state index < -0.39 is 35.0 Å². The number of carbonyl (C=O) groups is 4. The van der Waals surface area contributed by atoms with Crippen LogP contribution in [0.5, 0.6) is 5.75 Å². The molecular formula is C28H33N3O6. The summed E-state index contributed by atoms with van der Waals surface area (Å²) < 4.78 is 10.6. The van der Waals surface area contributed by atoms with Gasteiger partial charge in [-0.25, -0.2) is 0 Å². The van der Waals surface area contributed by atoms with E-state index in [2.05, 4.69) is 16.0 Å². The van der Waals surface area contributed by atoms with Crippen LogP contribution in [0.15, 0.2) is 54.6 Å². The summed E-state index contributed by atoms with van der Waals surface area (Å²) in [6, 6.07) is 14.8. The van der Waals surface area contributed by atoms with Crippen LogP contribution in [0, 0.1) is 0 Å². The third-order valence-corrected chi connectivity index (χ3v) is 7.00. The Morgan fingerprint density at radius 1 is 0.973 bits per heavy atom. The average Bonchev–Trinajstić information content (AvgIpc) is 3.55. The Labute approximate surface area is 216 Å². The highest BCUT2D eigenvalue weighted by molar-refractivity contribution is 5.99. The molecule has 2 aromatic carbocycles. The first kappa shape index (κ1) is 26.3. The summed E-state index contributed by atoms with van der Waals surface area (Å²) >= 11 is 0. The molecule has 2 saturated heterocycles. The van der Waals surface area contributed by atoms with Gasteiger partial charge >= 0.3 is 0 Å². The Morgan fingerprint density at radius 2 is 1.59 bits per heavy atom. The van der Waals surface area contributed by atoms with Crippen LogP contribution in [-0.4, -0.2) is 60.4 Å². The van der Waals surface area contributed by atoms with Gasteiger partial charge in [0.15, 0.2) is 5.78 Å². The molecule has 0 aromatic heterocycles. The van der Waals surface area contributed by atoms with Gasteiger partial charge in [0.25, 0.3) is 0 Å². The predicted octanol–water partition coefficient (Wildman–Crippen LogP) is 1.48. The summed E-state index contributed by atoms with van der Waals surface area (Å²) in [6.07, 6.45) is 1.05. The van der Waals surface area contributed by atoms with Crippen LogP contribution in [0.25, 0.3) is 0 Å². The zero-order valence-electron chi connectivity index (χ0n) is 21.3. The van der Waals surface area contributed by atoms with Crippen molar-refractivity contribution in [1.82, 2.24) is 16.0 Å². The summed E-state index contributed by atoms with van der Waals surface area (Å²) in [6.45, 7) is 3.65. The molecule has 196 valence electrons.